The summed E-state index contributed by atoms with van der Waals surface area (Å²) in [7, 11) is 1.73. The van der Waals surface area contributed by atoms with E-state index in [0.29, 0.717) is 13.2 Å². The Balaban J connectivity index is 2.28. The lowest BCUT2D eigenvalue weighted by Gasteiger charge is -2.06. The van der Waals surface area contributed by atoms with E-state index in [-0.39, 0.29) is 0 Å². The maximum atomic E-state index is 5.42. The molecule has 0 saturated heterocycles. The standard InChI is InChI=1S/C10H15NO2/c1-9-4-3-5-10(8-9)12-6-7-13-11-2/h3-5,8,11H,6-7H2,1-2H3. The fraction of sp³-hybridized carbons (Fsp3) is 0.400. The number of benzene rings is 1. The summed E-state index contributed by atoms with van der Waals surface area (Å²) in [4.78, 5) is 4.91. The van der Waals surface area contributed by atoms with Crippen LogP contribution in [-0.2, 0) is 4.84 Å². The topological polar surface area (TPSA) is 30.5 Å². The van der Waals surface area contributed by atoms with Gasteiger partial charge in [0.1, 0.15) is 19.0 Å². The van der Waals surface area contributed by atoms with E-state index in [2.05, 4.69) is 5.48 Å². The van der Waals surface area contributed by atoms with E-state index >= 15 is 0 Å². The van der Waals surface area contributed by atoms with Crippen molar-refractivity contribution in [3.8, 4) is 5.75 Å². The van der Waals surface area contributed by atoms with Gasteiger partial charge in [-0.2, -0.15) is 0 Å². The molecule has 0 radical (unpaired) electrons. The quantitative estimate of drug-likeness (QED) is 0.552. The second-order valence-corrected chi connectivity index (χ2v) is 2.72. The molecule has 0 aliphatic heterocycles. The van der Waals surface area contributed by atoms with E-state index in [1.54, 1.807) is 7.05 Å². The first-order chi connectivity index (χ1) is 6.33. The summed E-state index contributed by atoms with van der Waals surface area (Å²) in [5, 5.41) is 0. The number of hydrogen-bond acceptors (Lipinski definition) is 3. The van der Waals surface area contributed by atoms with Crippen LogP contribution in [0.1, 0.15) is 5.56 Å². The molecule has 13 heavy (non-hydrogen) atoms. The van der Waals surface area contributed by atoms with Gasteiger partial charge in [0.2, 0.25) is 0 Å². The molecule has 0 bridgehead atoms. The molecule has 1 rings (SSSR count). The number of ether oxygens (including phenoxy) is 1. The third kappa shape index (κ3) is 3.92. The summed E-state index contributed by atoms with van der Waals surface area (Å²) < 4.78 is 5.42. The molecule has 1 aromatic rings. The molecule has 0 fully saturated rings. The Labute approximate surface area is 78.6 Å². The highest BCUT2D eigenvalue weighted by molar-refractivity contribution is 5.27. The second kappa shape index (κ2) is 5.56. The average Bonchev–Trinajstić information content (AvgIpc) is 2.13. The maximum absolute atomic E-state index is 5.42. The smallest absolute Gasteiger partial charge is 0.119 e. The first kappa shape index (κ1) is 10.0. The lowest BCUT2D eigenvalue weighted by Crippen LogP contribution is -2.14. The van der Waals surface area contributed by atoms with Crippen LogP contribution in [0.15, 0.2) is 24.3 Å². The van der Waals surface area contributed by atoms with Crippen molar-refractivity contribution in [3.63, 3.8) is 0 Å². The van der Waals surface area contributed by atoms with E-state index in [1.165, 1.54) is 5.56 Å². The zero-order valence-electron chi connectivity index (χ0n) is 8.04. The average molecular weight is 181 g/mol. The molecule has 0 aromatic heterocycles. The zero-order valence-corrected chi connectivity index (χ0v) is 8.04. The monoisotopic (exact) mass is 181 g/mol. The Morgan fingerprint density at radius 1 is 1.31 bits per heavy atom. The van der Waals surface area contributed by atoms with Crippen LogP contribution in [0.3, 0.4) is 0 Å². The van der Waals surface area contributed by atoms with Gasteiger partial charge in [-0.1, -0.05) is 12.1 Å². The van der Waals surface area contributed by atoms with E-state index in [9.17, 15) is 0 Å². The molecule has 0 saturated carbocycles. The molecule has 0 aliphatic carbocycles. The molecule has 3 heteroatoms. The lowest BCUT2D eigenvalue weighted by atomic mass is 10.2. The van der Waals surface area contributed by atoms with Gasteiger partial charge in [-0.3, -0.25) is 4.84 Å². The van der Waals surface area contributed by atoms with Crippen molar-refractivity contribution in [2.75, 3.05) is 20.3 Å². The molecule has 1 N–H and O–H groups in total. The van der Waals surface area contributed by atoms with Gasteiger partial charge in [-0.25, -0.2) is 5.48 Å². The third-order valence-corrected chi connectivity index (χ3v) is 1.59. The number of hydroxylamine groups is 1. The largest absolute Gasteiger partial charge is 0.491 e. The predicted molar refractivity (Wildman–Crippen MR) is 51.7 cm³/mol. The summed E-state index contributed by atoms with van der Waals surface area (Å²) in [5.74, 6) is 0.889. The second-order valence-electron chi connectivity index (χ2n) is 2.72. The van der Waals surface area contributed by atoms with Crippen LogP contribution in [0.2, 0.25) is 0 Å². The summed E-state index contributed by atoms with van der Waals surface area (Å²) in [5.41, 5.74) is 3.79. The van der Waals surface area contributed by atoms with Crippen molar-refractivity contribution in [3.05, 3.63) is 29.8 Å². The summed E-state index contributed by atoms with van der Waals surface area (Å²) in [6, 6.07) is 7.95. The molecule has 72 valence electrons. The van der Waals surface area contributed by atoms with Gasteiger partial charge in [0.15, 0.2) is 0 Å². The van der Waals surface area contributed by atoms with Crippen LogP contribution < -0.4 is 10.2 Å². The molecule has 0 spiro atoms. The van der Waals surface area contributed by atoms with Crippen molar-refractivity contribution in [2.45, 2.75) is 6.92 Å². The fourth-order valence-electron chi connectivity index (χ4n) is 1.01. The van der Waals surface area contributed by atoms with Crippen LogP contribution in [0, 0.1) is 6.92 Å². The van der Waals surface area contributed by atoms with Crippen molar-refractivity contribution in [2.24, 2.45) is 0 Å². The van der Waals surface area contributed by atoms with Crippen LogP contribution in [0.5, 0.6) is 5.75 Å². The van der Waals surface area contributed by atoms with Gasteiger partial charge in [0.25, 0.3) is 0 Å². The molecule has 1 aromatic carbocycles. The number of rotatable bonds is 5. The summed E-state index contributed by atoms with van der Waals surface area (Å²) >= 11 is 0. The third-order valence-electron chi connectivity index (χ3n) is 1.59. The van der Waals surface area contributed by atoms with Crippen LogP contribution >= 0.6 is 0 Å². The normalized spacial score (nSPS) is 10.0. The molecule has 0 heterocycles. The minimum absolute atomic E-state index is 0.546. The van der Waals surface area contributed by atoms with E-state index in [4.69, 9.17) is 9.57 Å². The van der Waals surface area contributed by atoms with Crippen molar-refractivity contribution in [1.29, 1.82) is 0 Å². The molecular weight excluding hydrogens is 166 g/mol. The molecule has 3 nitrogen and oxygen atoms in total. The van der Waals surface area contributed by atoms with E-state index < -0.39 is 0 Å². The highest BCUT2D eigenvalue weighted by Crippen LogP contribution is 2.11. The molecular formula is C10H15NO2. The van der Waals surface area contributed by atoms with E-state index in [1.807, 2.05) is 31.2 Å². The minimum atomic E-state index is 0.546. The number of nitrogens with one attached hydrogen (secondary N) is 1. The first-order valence-corrected chi connectivity index (χ1v) is 4.31. The summed E-state index contributed by atoms with van der Waals surface area (Å²) in [6.07, 6.45) is 0. The van der Waals surface area contributed by atoms with Gasteiger partial charge in [0, 0.05) is 7.05 Å². The van der Waals surface area contributed by atoms with Crippen molar-refractivity contribution >= 4 is 0 Å². The minimum Gasteiger partial charge on any atom is -0.491 e. The van der Waals surface area contributed by atoms with Gasteiger partial charge < -0.3 is 4.74 Å². The molecule has 0 unspecified atom stereocenters. The molecule has 0 aliphatic rings. The SMILES string of the molecule is CNOCCOc1cccc(C)c1. The van der Waals surface area contributed by atoms with Crippen molar-refractivity contribution < 1.29 is 9.57 Å². The van der Waals surface area contributed by atoms with Crippen LogP contribution in [0.4, 0.5) is 0 Å². The Kier molecular flexibility index (Phi) is 4.29. The Bertz CT molecular complexity index is 250. The van der Waals surface area contributed by atoms with Crippen LogP contribution in [-0.4, -0.2) is 20.3 Å². The summed E-state index contributed by atoms with van der Waals surface area (Å²) in [6.45, 7) is 3.14. The predicted octanol–water partition coefficient (Wildman–Crippen LogP) is 1.52. The van der Waals surface area contributed by atoms with Crippen molar-refractivity contribution in [1.82, 2.24) is 5.48 Å². The Morgan fingerprint density at radius 2 is 2.15 bits per heavy atom. The van der Waals surface area contributed by atoms with Gasteiger partial charge >= 0.3 is 0 Å². The van der Waals surface area contributed by atoms with Gasteiger partial charge in [0.05, 0.1) is 0 Å². The van der Waals surface area contributed by atoms with Gasteiger partial charge in [-0.05, 0) is 24.6 Å². The fourth-order valence-corrected chi connectivity index (χ4v) is 1.01. The first-order valence-electron chi connectivity index (χ1n) is 4.31. The number of hydrogen-bond donors (Lipinski definition) is 1. The Morgan fingerprint density at radius 3 is 2.85 bits per heavy atom. The highest BCUT2D eigenvalue weighted by Gasteiger charge is 1.92. The maximum Gasteiger partial charge on any atom is 0.119 e. The molecule has 0 amide bonds. The lowest BCUT2D eigenvalue weighted by molar-refractivity contribution is 0.0367. The van der Waals surface area contributed by atoms with Crippen LogP contribution in [0.25, 0.3) is 0 Å². The molecule has 0 atom stereocenters. The number of aryl methyl sites for hydroxylation is 1. The highest BCUT2D eigenvalue weighted by atomic mass is 16.7. The van der Waals surface area contributed by atoms with Gasteiger partial charge in [-0.15, -0.1) is 0 Å². The van der Waals surface area contributed by atoms with E-state index in [0.717, 1.165) is 5.75 Å². The Hall–Kier alpha value is -1.06. The zero-order chi connectivity index (χ0) is 9.52.